The second kappa shape index (κ2) is 4.27. The molecule has 0 radical (unpaired) electrons. The van der Waals surface area contributed by atoms with E-state index in [-0.39, 0.29) is 0 Å². The van der Waals surface area contributed by atoms with Crippen LogP contribution in [0.15, 0.2) is 42.0 Å². The molecule has 3 aromatic rings. The predicted molar refractivity (Wildman–Crippen MR) is 74.2 cm³/mol. The van der Waals surface area contributed by atoms with Gasteiger partial charge in [-0.05, 0) is 12.1 Å². The maximum Gasteiger partial charge on any atom is 0.127 e. The van der Waals surface area contributed by atoms with Gasteiger partial charge in [-0.1, -0.05) is 12.1 Å². The molecule has 4 nitrogen and oxygen atoms in total. The van der Waals surface area contributed by atoms with Crippen molar-refractivity contribution < 1.29 is 0 Å². The first-order chi connectivity index (χ1) is 8.72. The van der Waals surface area contributed by atoms with Gasteiger partial charge >= 0.3 is 0 Å². The molecule has 18 heavy (non-hydrogen) atoms. The fourth-order valence-electron chi connectivity index (χ4n) is 1.77. The highest BCUT2D eigenvalue weighted by atomic mass is 32.1. The smallest absolute Gasteiger partial charge is 0.127 e. The van der Waals surface area contributed by atoms with Gasteiger partial charge in [0.15, 0.2) is 0 Å². The average Bonchev–Trinajstić information content (AvgIpc) is 2.97. The molecule has 2 N–H and O–H groups in total. The van der Waals surface area contributed by atoms with E-state index in [1.54, 1.807) is 16.0 Å². The van der Waals surface area contributed by atoms with Gasteiger partial charge in [-0.2, -0.15) is 5.10 Å². The molecule has 2 heterocycles. The fourth-order valence-corrected chi connectivity index (χ4v) is 2.57. The molecule has 0 saturated heterocycles. The van der Waals surface area contributed by atoms with Crippen LogP contribution in [-0.4, -0.2) is 14.8 Å². The maximum atomic E-state index is 5.78. The second-order valence-electron chi connectivity index (χ2n) is 4.07. The van der Waals surface area contributed by atoms with Crippen molar-refractivity contribution in [2.24, 2.45) is 7.05 Å². The van der Waals surface area contributed by atoms with Gasteiger partial charge in [0.2, 0.25) is 0 Å². The molecule has 90 valence electrons. The Morgan fingerprint density at radius 3 is 2.89 bits per heavy atom. The van der Waals surface area contributed by atoms with Crippen LogP contribution in [0.3, 0.4) is 0 Å². The van der Waals surface area contributed by atoms with Crippen molar-refractivity contribution in [2.75, 3.05) is 5.73 Å². The molecule has 0 saturated carbocycles. The van der Waals surface area contributed by atoms with Crippen LogP contribution >= 0.6 is 11.3 Å². The number of hydrogen-bond donors (Lipinski definition) is 1. The number of nitrogens with two attached hydrogens (primary N) is 1. The van der Waals surface area contributed by atoms with Crippen LogP contribution in [0.4, 0.5) is 5.69 Å². The van der Waals surface area contributed by atoms with Crippen LogP contribution in [0.25, 0.3) is 21.8 Å². The molecule has 0 aliphatic rings. The van der Waals surface area contributed by atoms with E-state index in [9.17, 15) is 0 Å². The highest BCUT2D eigenvalue weighted by molar-refractivity contribution is 7.13. The summed E-state index contributed by atoms with van der Waals surface area (Å²) in [6.45, 7) is 0. The highest BCUT2D eigenvalue weighted by Crippen LogP contribution is 2.29. The van der Waals surface area contributed by atoms with Gasteiger partial charge in [-0.15, -0.1) is 11.3 Å². The SMILES string of the molecule is Cn1cc(-c2nc(-c3cccc(N)c3)cs2)cn1. The summed E-state index contributed by atoms with van der Waals surface area (Å²) in [5.74, 6) is 0. The lowest BCUT2D eigenvalue weighted by Gasteiger charge is -1.97. The van der Waals surface area contributed by atoms with Crippen molar-refractivity contribution in [1.82, 2.24) is 14.8 Å². The first-order valence-corrected chi connectivity index (χ1v) is 6.41. The number of benzene rings is 1. The van der Waals surface area contributed by atoms with Crippen molar-refractivity contribution in [3.8, 4) is 21.8 Å². The van der Waals surface area contributed by atoms with Crippen LogP contribution in [0.5, 0.6) is 0 Å². The summed E-state index contributed by atoms with van der Waals surface area (Å²) in [6.07, 6.45) is 3.78. The minimum absolute atomic E-state index is 0.753. The number of hydrogen-bond acceptors (Lipinski definition) is 4. The van der Waals surface area contributed by atoms with E-state index in [1.807, 2.05) is 49.1 Å². The quantitative estimate of drug-likeness (QED) is 0.717. The number of rotatable bonds is 2. The van der Waals surface area contributed by atoms with E-state index in [4.69, 9.17) is 5.73 Å². The van der Waals surface area contributed by atoms with Crippen LogP contribution in [0, 0.1) is 0 Å². The average molecular weight is 256 g/mol. The first kappa shape index (κ1) is 11.0. The third-order valence-electron chi connectivity index (χ3n) is 2.64. The molecule has 0 spiro atoms. The molecule has 0 unspecified atom stereocenters. The molecule has 2 aromatic heterocycles. The van der Waals surface area contributed by atoms with Gasteiger partial charge in [0.1, 0.15) is 5.01 Å². The Bertz CT molecular complexity index is 684. The van der Waals surface area contributed by atoms with E-state index in [0.717, 1.165) is 27.5 Å². The Morgan fingerprint density at radius 2 is 2.17 bits per heavy atom. The summed E-state index contributed by atoms with van der Waals surface area (Å²) >= 11 is 1.61. The Balaban J connectivity index is 1.99. The minimum atomic E-state index is 0.753. The molecule has 0 aliphatic heterocycles. The van der Waals surface area contributed by atoms with E-state index in [0.29, 0.717) is 0 Å². The maximum absolute atomic E-state index is 5.78. The Hall–Kier alpha value is -2.14. The van der Waals surface area contributed by atoms with Crippen molar-refractivity contribution >= 4 is 17.0 Å². The predicted octanol–water partition coefficient (Wildman–Crippen LogP) is 2.79. The van der Waals surface area contributed by atoms with Crippen molar-refractivity contribution in [3.63, 3.8) is 0 Å². The van der Waals surface area contributed by atoms with Gasteiger partial charge < -0.3 is 5.73 Å². The molecule has 0 fully saturated rings. The topological polar surface area (TPSA) is 56.7 Å². The van der Waals surface area contributed by atoms with Gasteiger partial charge in [0.05, 0.1) is 11.9 Å². The molecule has 5 heteroatoms. The van der Waals surface area contributed by atoms with Crippen LogP contribution in [0.2, 0.25) is 0 Å². The number of thiazole rings is 1. The van der Waals surface area contributed by atoms with Gasteiger partial charge in [-0.3, -0.25) is 4.68 Å². The number of anilines is 1. The lowest BCUT2D eigenvalue weighted by molar-refractivity contribution is 0.768. The van der Waals surface area contributed by atoms with E-state index >= 15 is 0 Å². The summed E-state index contributed by atoms with van der Waals surface area (Å²) in [6, 6.07) is 7.76. The van der Waals surface area contributed by atoms with Crippen LogP contribution in [-0.2, 0) is 7.05 Å². The zero-order valence-electron chi connectivity index (χ0n) is 9.87. The summed E-state index contributed by atoms with van der Waals surface area (Å²) in [5.41, 5.74) is 9.57. The molecule has 1 aromatic carbocycles. The summed E-state index contributed by atoms with van der Waals surface area (Å²) in [4.78, 5) is 4.61. The summed E-state index contributed by atoms with van der Waals surface area (Å²) in [5, 5.41) is 7.16. The third-order valence-corrected chi connectivity index (χ3v) is 3.53. The Morgan fingerprint density at radius 1 is 1.28 bits per heavy atom. The molecule has 0 bridgehead atoms. The fraction of sp³-hybridized carbons (Fsp3) is 0.0769. The number of aromatic nitrogens is 3. The van der Waals surface area contributed by atoms with Gasteiger partial charge in [0.25, 0.3) is 0 Å². The van der Waals surface area contributed by atoms with Crippen LogP contribution in [0.1, 0.15) is 0 Å². The lowest BCUT2D eigenvalue weighted by atomic mass is 10.1. The third kappa shape index (κ3) is 2.00. The van der Waals surface area contributed by atoms with Gasteiger partial charge in [-0.25, -0.2) is 4.98 Å². The molecular formula is C13H12N4S. The lowest BCUT2D eigenvalue weighted by Crippen LogP contribution is -1.85. The molecule has 0 atom stereocenters. The van der Waals surface area contributed by atoms with Gasteiger partial charge in [0, 0.05) is 35.4 Å². The largest absolute Gasteiger partial charge is 0.399 e. The number of nitrogens with zero attached hydrogens (tertiary/aromatic N) is 3. The first-order valence-electron chi connectivity index (χ1n) is 5.53. The molecule has 3 rings (SSSR count). The molecule has 0 amide bonds. The summed E-state index contributed by atoms with van der Waals surface area (Å²) in [7, 11) is 1.90. The van der Waals surface area contributed by atoms with E-state index in [1.165, 1.54) is 0 Å². The minimum Gasteiger partial charge on any atom is -0.399 e. The van der Waals surface area contributed by atoms with Crippen molar-refractivity contribution in [2.45, 2.75) is 0 Å². The zero-order valence-corrected chi connectivity index (χ0v) is 10.7. The van der Waals surface area contributed by atoms with Crippen LogP contribution < -0.4 is 5.73 Å². The summed E-state index contributed by atoms with van der Waals surface area (Å²) < 4.78 is 1.77. The zero-order chi connectivity index (χ0) is 12.5. The Kier molecular flexibility index (Phi) is 2.60. The molecular weight excluding hydrogens is 244 g/mol. The van der Waals surface area contributed by atoms with Crippen molar-refractivity contribution in [3.05, 3.63) is 42.0 Å². The second-order valence-corrected chi connectivity index (χ2v) is 4.92. The number of aryl methyl sites for hydroxylation is 1. The van der Waals surface area contributed by atoms with E-state index < -0.39 is 0 Å². The Labute approximate surface area is 109 Å². The standard InChI is InChI=1S/C13H12N4S/c1-17-7-10(6-15-17)13-16-12(8-18-13)9-3-2-4-11(14)5-9/h2-8H,14H2,1H3. The van der Waals surface area contributed by atoms with Crippen molar-refractivity contribution in [1.29, 1.82) is 0 Å². The van der Waals surface area contributed by atoms with E-state index in [2.05, 4.69) is 10.1 Å². The normalized spacial score (nSPS) is 10.7. The monoisotopic (exact) mass is 256 g/mol. The molecule has 0 aliphatic carbocycles. The number of nitrogen functional groups attached to an aromatic ring is 1. The highest BCUT2D eigenvalue weighted by Gasteiger charge is 2.08.